The van der Waals surface area contributed by atoms with Crippen molar-refractivity contribution in [1.29, 1.82) is 0 Å². The highest BCUT2D eigenvalue weighted by Gasteiger charge is 2.58. The lowest BCUT2D eigenvalue weighted by Crippen LogP contribution is -2.61. The van der Waals surface area contributed by atoms with Crippen LogP contribution in [0.4, 0.5) is 4.79 Å². The summed E-state index contributed by atoms with van der Waals surface area (Å²) in [5.41, 5.74) is 3.88. The molecule has 2 unspecified atom stereocenters. The summed E-state index contributed by atoms with van der Waals surface area (Å²) in [6, 6.07) is 27.8. The van der Waals surface area contributed by atoms with E-state index in [1.165, 1.54) is 12.1 Å². The second-order valence-corrected chi connectivity index (χ2v) is 10.4. The first kappa shape index (κ1) is 23.4. The van der Waals surface area contributed by atoms with E-state index in [4.69, 9.17) is 19.4 Å². The highest BCUT2D eigenvalue weighted by molar-refractivity contribution is 8.17. The summed E-state index contributed by atoms with van der Waals surface area (Å²) in [7, 11) is 0. The van der Waals surface area contributed by atoms with Crippen LogP contribution in [0.5, 0.6) is 5.75 Å². The van der Waals surface area contributed by atoms with Gasteiger partial charge in [0.05, 0.1) is 22.2 Å². The molecule has 1 fully saturated rings. The van der Waals surface area contributed by atoms with Crippen LogP contribution in [0.3, 0.4) is 0 Å². The second-order valence-electron chi connectivity index (χ2n) is 9.37. The van der Waals surface area contributed by atoms with Crippen LogP contribution in [-0.4, -0.2) is 32.9 Å². The minimum atomic E-state index is -1.33. The van der Waals surface area contributed by atoms with E-state index in [1.54, 1.807) is 24.3 Å². The zero-order valence-electron chi connectivity index (χ0n) is 20.4. The molecule has 3 aliphatic rings. The van der Waals surface area contributed by atoms with Gasteiger partial charge in [-0.05, 0) is 53.7 Å². The molecule has 7 rings (SSSR count). The number of thioether (sulfide) groups is 1. The maximum atomic E-state index is 12.9. The van der Waals surface area contributed by atoms with Gasteiger partial charge in [-0.25, -0.2) is 9.80 Å². The number of amides is 1. The number of benzene rings is 3. The summed E-state index contributed by atoms with van der Waals surface area (Å²) in [6.45, 7) is 0. The summed E-state index contributed by atoms with van der Waals surface area (Å²) >= 11 is 1.05. The molecule has 8 nitrogen and oxygen atoms in total. The summed E-state index contributed by atoms with van der Waals surface area (Å²) in [6.07, 6.45) is 2.45. The van der Waals surface area contributed by atoms with E-state index in [-0.39, 0.29) is 16.8 Å². The van der Waals surface area contributed by atoms with Gasteiger partial charge >= 0.3 is 11.8 Å². The number of hydrogen-bond donors (Lipinski definition) is 2. The van der Waals surface area contributed by atoms with Gasteiger partial charge in [0.15, 0.2) is 0 Å². The highest BCUT2D eigenvalue weighted by atomic mass is 32.2. The third kappa shape index (κ3) is 3.90. The maximum absolute atomic E-state index is 12.9. The average Bonchev–Trinajstić information content (AvgIpc) is 3.68. The molecule has 2 N–H and O–H groups in total. The second kappa shape index (κ2) is 8.92. The van der Waals surface area contributed by atoms with Crippen molar-refractivity contribution in [3.8, 4) is 17.1 Å². The fraction of sp³-hybridized carbons (Fsp3) is 0.100. The lowest BCUT2D eigenvalue weighted by Gasteiger charge is -2.44. The number of carbonyl (C=O) groups excluding carboxylic acids is 1. The lowest BCUT2D eigenvalue weighted by atomic mass is 9.96. The van der Waals surface area contributed by atoms with E-state index in [9.17, 15) is 9.59 Å². The van der Waals surface area contributed by atoms with Crippen molar-refractivity contribution in [2.75, 3.05) is 0 Å². The number of hydrogen-bond acceptors (Lipinski definition) is 7. The Hall–Kier alpha value is -4.76. The molecule has 1 amide bonds. The van der Waals surface area contributed by atoms with E-state index in [1.807, 2.05) is 65.7 Å². The molecule has 3 aliphatic heterocycles. The number of para-hydroxylation sites is 1. The molecule has 39 heavy (non-hydrogen) atoms. The molecule has 4 aromatic rings. The number of hydrazone groups is 1. The number of carbonyl (C=O) groups is 2. The molecule has 0 saturated carbocycles. The Morgan fingerprint density at radius 2 is 1.77 bits per heavy atom. The van der Waals surface area contributed by atoms with Gasteiger partial charge in [-0.3, -0.25) is 10.1 Å². The predicted octanol–water partition coefficient (Wildman–Crippen LogP) is 6.34. The zero-order chi connectivity index (χ0) is 26.6. The van der Waals surface area contributed by atoms with Gasteiger partial charge in [-0.15, -0.1) is 0 Å². The van der Waals surface area contributed by atoms with Crippen LogP contribution in [0.2, 0.25) is 0 Å². The Labute approximate surface area is 227 Å². The molecule has 0 aliphatic carbocycles. The number of nitrogens with zero attached hydrogens (tertiary/aromatic N) is 2. The van der Waals surface area contributed by atoms with E-state index < -0.39 is 11.8 Å². The summed E-state index contributed by atoms with van der Waals surface area (Å²) in [5.74, 6) is -0.521. The van der Waals surface area contributed by atoms with Crippen molar-refractivity contribution in [2.45, 2.75) is 18.3 Å². The monoisotopic (exact) mass is 535 g/mol. The van der Waals surface area contributed by atoms with Crippen molar-refractivity contribution < 1.29 is 23.8 Å². The fourth-order valence-electron chi connectivity index (χ4n) is 5.16. The van der Waals surface area contributed by atoms with Gasteiger partial charge in [0.25, 0.3) is 5.24 Å². The molecule has 0 radical (unpaired) electrons. The Morgan fingerprint density at radius 1 is 1.00 bits per heavy atom. The van der Waals surface area contributed by atoms with E-state index in [0.29, 0.717) is 28.6 Å². The summed E-state index contributed by atoms with van der Waals surface area (Å²) < 4.78 is 12.6. The van der Waals surface area contributed by atoms with Gasteiger partial charge in [-0.2, -0.15) is 5.10 Å². The average molecular weight is 536 g/mol. The van der Waals surface area contributed by atoms with Crippen LogP contribution in [0, 0.1) is 0 Å². The van der Waals surface area contributed by atoms with Crippen molar-refractivity contribution >= 4 is 34.8 Å². The normalized spacial score (nSPS) is 22.3. The van der Waals surface area contributed by atoms with Crippen LogP contribution in [-0.2, 0) is 0 Å². The van der Waals surface area contributed by atoms with E-state index >= 15 is 0 Å². The van der Waals surface area contributed by atoms with Gasteiger partial charge in [0, 0.05) is 17.5 Å². The number of furan rings is 1. The fourth-order valence-corrected chi connectivity index (χ4v) is 6.05. The summed E-state index contributed by atoms with van der Waals surface area (Å²) in [4.78, 5) is 24.6. The minimum Gasteiger partial charge on any atom is -0.478 e. The van der Waals surface area contributed by atoms with E-state index in [2.05, 4.69) is 5.32 Å². The number of ether oxygens (including phenoxy) is 1. The number of rotatable bonds is 4. The van der Waals surface area contributed by atoms with Crippen molar-refractivity contribution in [1.82, 2.24) is 10.3 Å². The quantitative estimate of drug-likeness (QED) is 0.314. The van der Waals surface area contributed by atoms with Crippen molar-refractivity contribution in [3.05, 3.63) is 118 Å². The molecular formula is C30H21N3O5S. The smallest absolute Gasteiger partial charge is 0.335 e. The van der Waals surface area contributed by atoms with Crippen LogP contribution < -0.4 is 10.1 Å². The topological polar surface area (TPSA) is 104 Å². The zero-order valence-corrected chi connectivity index (χ0v) is 21.2. The van der Waals surface area contributed by atoms with Crippen LogP contribution >= 0.6 is 11.8 Å². The molecule has 4 heterocycles. The van der Waals surface area contributed by atoms with Gasteiger partial charge < -0.3 is 14.3 Å². The maximum Gasteiger partial charge on any atom is 0.335 e. The first-order valence-electron chi connectivity index (χ1n) is 12.4. The third-order valence-corrected chi connectivity index (χ3v) is 7.90. The Morgan fingerprint density at radius 3 is 2.56 bits per heavy atom. The molecule has 3 aromatic carbocycles. The first-order valence-corrected chi connectivity index (χ1v) is 13.2. The molecule has 192 valence electrons. The molecule has 1 aromatic heterocycles. The lowest BCUT2D eigenvalue weighted by molar-refractivity contribution is -0.0949. The van der Waals surface area contributed by atoms with Crippen LogP contribution in [0.1, 0.15) is 39.7 Å². The van der Waals surface area contributed by atoms with Crippen LogP contribution in [0.15, 0.2) is 105 Å². The molecular weight excluding hydrogens is 514 g/mol. The Bertz CT molecular complexity index is 1680. The summed E-state index contributed by atoms with van der Waals surface area (Å²) in [5, 5.41) is 18.8. The minimum absolute atomic E-state index is 0.132. The number of carboxylic acid groups (broad SMARTS) is 1. The number of aromatic carboxylic acids is 1. The van der Waals surface area contributed by atoms with Crippen molar-refractivity contribution in [3.63, 3.8) is 0 Å². The standard InChI is InChI=1S/C30H21N3O5S/c34-28(35)20-12-10-19(11-13-20)25-15-14-21(37-25)16-27-30(31-29(36)39-27)33-24(22-8-4-5-9-26(22)38-30)17-23(32-33)18-6-2-1-3-7-18/h1-16,24H,17H2,(H,31,36)(H,34,35)/b27-16-. The Kier molecular flexibility index (Phi) is 5.34. The predicted molar refractivity (Wildman–Crippen MR) is 147 cm³/mol. The van der Waals surface area contributed by atoms with Gasteiger partial charge in [0.2, 0.25) is 0 Å². The first-order chi connectivity index (χ1) is 19.0. The third-order valence-electron chi connectivity index (χ3n) is 7.00. The molecule has 1 saturated heterocycles. The SMILES string of the molecule is O=C1NC2(Oc3ccccc3C3CC(c4ccccc4)=NN32)/C(=C/c2ccc(-c3ccc(C(=O)O)cc3)o2)S1. The van der Waals surface area contributed by atoms with Crippen LogP contribution in [0.25, 0.3) is 17.4 Å². The highest BCUT2D eigenvalue weighted by Crippen LogP contribution is 2.52. The molecule has 0 bridgehead atoms. The number of fused-ring (bicyclic) bond motifs is 4. The largest absolute Gasteiger partial charge is 0.478 e. The molecule has 1 spiro atoms. The number of carboxylic acids is 1. The van der Waals surface area contributed by atoms with Gasteiger partial charge in [-0.1, -0.05) is 60.7 Å². The molecule has 2 atom stereocenters. The number of nitrogens with one attached hydrogen (secondary N) is 1. The van der Waals surface area contributed by atoms with Crippen molar-refractivity contribution in [2.24, 2.45) is 5.10 Å². The van der Waals surface area contributed by atoms with Gasteiger partial charge in [0.1, 0.15) is 17.3 Å². The molecule has 9 heteroatoms. The van der Waals surface area contributed by atoms with E-state index in [0.717, 1.165) is 34.2 Å². The Balaban J connectivity index is 1.29.